The largest absolute Gasteiger partial charge is 0.368 e. The number of nitrogens with one attached hydrogen (secondary N) is 2. The number of amides is 1. The fraction of sp³-hybridized carbons (Fsp3) is 0.308. The van der Waals surface area contributed by atoms with Gasteiger partial charge in [0.1, 0.15) is 5.82 Å². The highest BCUT2D eigenvalue weighted by molar-refractivity contribution is 5.91. The van der Waals surface area contributed by atoms with Crippen LogP contribution >= 0.6 is 0 Å². The Kier molecular flexibility index (Phi) is 3.79. The maximum absolute atomic E-state index is 11.6. The van der Waals surface area contributed by atoms with Gasteiger partial charge in [-0.2, -0.15) is 4.98 Å². The molecule has 0 atom stereocenters. The number of aromatic nitrogens is 2. The van der Waals surface area contributed by atoms with Crippen LogP contribution in [0.25, 0.3) is 10.9 Å². The van der Waals surface area contributed by atoms with Crippen molar-refractivity contribution in [3.63, 3.8) is 0 Å². The van der Waals surface area contributed by atoms with Crippen LogP contribution in [0.4, 0.5) is 11.8 Å². The lowest BCUT2D eigenvalue weighted by Gasteiger charge is -2.11. The molecule has 4 N–H and O–H groups in total. The Labute approximate surface area is 111 Å². The third kappa shape index (κ3) is 3.31. The average Bonchev–Trinajstić information content (AvgIpc) is 2.35. The summed E-state index contributed by atoms with van der Waals surface area (Å²) >= 11 is 0. The van der Waals surface area contributed by atoms with Crippen LogP contribution in [-0.4, -0.2) is 28.5 Å². The van der Waals surface area contributed by atoms with Gasteiger partial charge in [-0.1, -0.05) is 12.1 Å². The van der Waals surface area contributed by atoms with Crippen LogP contribution in [0, 0.1) is 0 Å². The first-order valence-electron chi connectivity index (χ1n) is 6.12. The van der Waals surface area contributed by atoms with Crippen LogP contribution in [0.5, 0.6) is 0 Å². The van der Waals surface area contributed by atoms with Gasteiger partial charge in [0.05, 0.1) is 12.1 Å². The van der Waals surface area contributed by atoms with Crippen molar-refractivity contribution in [2.45, 2.75) is 19.9 Å². The lowest BCUT2D eigenvalue weighted by Crippen LogP contribution is -2.35. The maximum Gasteiger partial charge on any atom is 0.239 e. The number of carbonyl (C=O) groups excluding carboxylic acids is 1. The van der Waals surface area contributed by atoms with Gasteiger partial charge in [0.2, 0.25) is 11.9 Å². The Hall–Kier alpha value is -2.37. The monoisotopic (exact) mass is 259 g/mol. The van der Waals surface area contributed by atoms with Crippen LogP contribution in [0.2, 0.25) is 0 Å². The molecule has 19 heavy (non-hydrogen) atoms. The van der Waals surface area contributed by atoms with Crippen molar-refractivity contribution < 1.29 is 4.79 Å². The quantitative estimate of drug-likeness (QED) is 0.766. The van der Waals surface area contributed by atoms with Gasteiger partial charge >= 0.3 is 0 Å². The molecule has 100 valence electrons. The summed E-state index contributed by atoms with van der Waals surface area (Å²) in [6, 6.07) is 7.62. The van der Waals surface area contributed by atoms with Crippen molar-refractivity contribution in [2.75, 3.05) is 17.6 Å². The van der Waals surface area contributed by atoms with Gasteiger partial charge in [-0.25, -0.2) is 4.98 Å². The third-order valence-electron chi connectivity index (χ3n) is 2.49. The van der Waals surface area contributed by atoms with E-state index in [2.05, 4.69) is 20.6 Å². The number of hydrogen-bond acceptors (Lipinski definition) is 5. The molecule has 0 bridgehead atoms. The van der Waals surface area contributed by atoms with E-state index in [-0.39, 0.29) is 24.4 Å². The second-order valence-corrected chi connectivity index (χ2v) is 4.52. The fourth-order valence-electron chi connectivity index (χ4n) is 1.77. The molecule has 0 spiro atoms. The molecule has 0 aliphatic rings. The second kappa shape index (κ2) is 5.51. The number of nitrogens with zero attached hydrogens (tertiary/aromatic N) is 2. The molecule has 0 saturated heterocycles. The summed E-state index contributed by atoms with van der Waals surface area (Å²) < 4.78 is 0. The molecule has 1 aromatic heterocycles. The minimum atomic E-state index is -0.0868. The normalized spacial score (nSPS) is 10.7. The van der Waals surface area contributed by atoms with Gasteiger partial charge in [-0.05, 0) is 26.0 Å². The van der Waals surface area contributed by atoms with Crippen molar-refractivity contribution in [2.24, 2.45) is 0 Å². The Balaban J connectivity index is 2.18. The summed E-state index contributed by atoms with van der Waals surface area (Å²) in [6.45, 7) is 3.98. The Bertz CT molecular complexity index is 597. The number of hydrogen-bond donors (Lipinski definition) is 3. The smallest absolute Gasteiger partial charge is 0.239 e. The maximum atomic E-state index is 11.6. The van der Waals surface area contributed by atoms with Gasteiger partial charge < -0.3 is 16.4 Å². The first kappa shape index (κ1) is 13.1. The van der Waals surface area contributed by atoms with Gasteiger partial charge in [0.25, 0.3) is 0 Å². The van der Waals surface area contributed by atoms with Gasteiger partial charge in [-0.3, -0.25) is 4.79 Å². The lowest BCUT2D eigenvalue weighted by molar-refractivity contribution is -0.119. The highest BCUT2D eigenvalue weighted by Crippen LogP contribution is 2.20. The molecule has 0 aliphatic heterocycles. The van der Waals surface area contributed by atoms with Crippen LogP contribution < -0.4 is 16.4 Å². The predicted octanol–water partition coefficient (Wildman–Crippen LogP) is 1.15. The van der Waals surface area contributed by atoms with Crippen LogP contribution in [0.15, 0.2) is 24.3 Å². The fourth-order valence-corrected chi connectivity index (χ4v) is 1.77. The highest BCUT2D eigenvalue weighted by atomic mass is 16.1. The van der Waals surface area contributed by atoms with Crippen molar-refractivity contribution in [1.29, 1.82) is 0 Å². The predicted molar refractivity (Wildman–Crippen MR) is 75.7 cm³/mol. The van der Waals surface area contributed by atoms with E-state index in [1.165, 1.54) is 0 Å². The van der Waals surface area contributed by atoms with Crippen LogP contribution in [0.3, 0.4) is 0 Å². The van der Waals surface area contributed by atoms with Crippen molar-refractivity contribution in [1.82, 2.24) is 15.3 Å². The molecule has 2 aromatic rings. The first-order chi connectivity index (χ1) is 9.06. The minimum Gasteiger partial charge on any atom is -0.368 e. The van der Waals surface area contributed by atoms with Crippen molar-refractivity contribution in [3.8, 4) is 0 Å². The number of para-hydroxylation sites is 1. The summed E-state index contributed by atoms with van der Waals surface area (Å²) in [5.41, 5.74) is 6.40. The van der Waals surface area contributed by atoms with Crippen LogP contribution in [-0.2, 0) is 4.79 Å². The third-order valence-corrected chi connectivity index (χ3v) is 2.49. The molecule has 1 heterocycles. The number of benzene rings is 1. The molecule has 6 heteroatoms. The number of anilines is 2. The average molecular weight is 259 g/mol. The molecule has 0 saturated carbocycles. The number of carbonyl (C=O) groups is 1. The van der Waals surface area contributed by atoms with E-state index in [0.29, 0.717) is 5.82 Å². The molecular formula is C13H17N5O. The number of nitrogens with two attached hydrogens (primary N) is 1. The molecule has 1 amide bonds. The Morgan fingerprint density at radius 1 is 1.32 bits per heavy atom. The van der Waals surface area contributed by atoms with Crippen molar-refractivity contribution in [3.05, 3.63) is 24.3 Å². The molecule has 0 fully saturated rings. The summed E-state index contributed by atoms with van der Waals surface area (Å²) in [4.78, 5) is 19.9. The van der Waals surface area contributed by atoms with E-state index in [0.717, 1.165) is 10.9 Å². The van der Waals surface area contributed by atoms with Crippen molar-refractivity contribution >= 4 is 28.6 Å². The van der Waals surface area contributed by atoms with E-state index in [4.69, 9.17) is 5.73 Å². The summed E-state index contributed by atoms with van der Waals surface area (Å²) in [5, 5.41) is 6.63. The second-order valence-electron chi connectivity index (χ2n) is 4.52. The highest BCUT2D eigenvalue weighted by Gasteiger charge is 2.08. The molecule has 0 unspecified atom stereocenters. The Morgan fingerprint density at radius 3 is 2.79 bits per heavy atom. The SMILES string of the molecule is CC(C)NC(=O)CNc1nc(N)nc2ccccc12. The molecule has 1 aromatic carbocycles. The van der Waals surface area contributed by atoms with E-state index in [9.17, 15) is 4.79 Å². The first-order valence-corrected chi connectivity index (χ1v) is 6.12. The molecule has 0 aliphatic carbocycles. The zero-order chi connectivity index (χ0) is 13.8. The zero-order valence-electron chi connectivity index (χ0n) is 11.0. The van der Waals surface area contributed by atoms with E-state index < -0.39 is 0 Å². The van der Waals surface area contributed by atoms with E-state index in [1.807, 2.05) is 38.1 Å². The van der Waals surface area contributed by atoms with E-state index >= 15 is 0 Å². The standard InChI is InChI=1S/C13H17N5O/c1-8(2)16-11(19)7-15-12-9-5-3-4-6-10(9)17-13(14)18-12/h3-6,8H,7H2,1-2H3,(H,16,19)(H3,14,15,17,18). The van der Waals surface area contributed by atoms with Gasteiger partial charge in [0, 0.05) is 11.4 Å². The molecule has 6 nitrogen and oxygen atoms in total. The molecular weight excluding hydrogens is 242 g/mol. The lowest BCUT2D eigenvalue weighted by atomic mass is 10.2. The number of fused-ring (bicyclic) bond motifs is 1. The topological polar surface area (TPSA) is 92.9 Å². The minimum absolute atomic E-state index is 0.0868. The van der Waals surface area contributed by atoms with Crippen LogP contribution in [0.1, 0.15) is 13.8 Å². The molecule has 0 radical (unpaired) electrons. The summed E-state index contributed by atoms with van der Waals surface area (Å²) in [5.74, 6) is 0.670. The summed E-state index contributed by atoms with van der Waals surface area (Å²) in [6.07, 6.45) is 0. The van der Waals surface area contributed by atoms with E-state index in [1.54, 1.807) is 0 Å². The summed E-state index contributed by atoms with van der Waals surface area (Å²) in [7, 11) is 0. The zero-order valence-corrected chi connectivity index (χ0v) is 11.0. The van der Waals surface area contributed by atoms with Gasteiger partial charge in [0.15, 0.2) is 0 Å². The number of rotatable bonds is 4. The molecule has 2 rings (SSSR count). The Morgan fingerprint density at radius 2 is 2.05 bits per heavy atom. The number of nitrogen functional groups attached to an aromatic ring is 1. The van der Waals surface area contributed by atoms with Gasteiger partial charge in [-0.15, -0.1) is 0 Å².